The number of benzene rings is 1. The van der Waals surface area contributed by atoms with Gasteiger partial charge in [-0.2, -0.15) is 13.2 Å². The van der Waals surface area contributed by atoms with E-state index in [1.165, 1.54) is 10.3 Å². The molecule has 1 aromatic carbocycles. The highest BCUT2D eigenvalue weighted by Crippen LogP contribution is 2.43. The van der Waals surface area contributed by atoms with Gasteiger partial charge in [0.15, 0.2) is 0 Å². The largest absolute Gasteiger partial charge is 0.494 e. The second-order valence-corrected chi connectivity index (χ2v) is 8.42. The highest BCUT2D eigenvalue weighted by atomic mass is 32.1. The first kappa shape index (κ1) is 23.5. The fourth-order valence-corrected chi connectivity index (χ4v) is 4.36. The van der Waals surface area contributed by atoms with Gasteiger partial charge >= 0.3 is 6.18 Å². The maximum absolute atomic E-state index is 13.6. The van der Waals surface area contributed by atoms with Crippen molar-refractivity contribution in [1.29, 1.82) is 0 Å². The number of aromatic nitrogens is 1. The van der Waals surface area contributed by atoms with Crippen molar-refractivity contribution in [3.8, 4) is 5.75 Å². The zero-order chi connectivity index (χ0) is 22.6. The van der Waals surface area contributed by atoms with Crippen molar-refractivity contribution in [3.05, 3.63) is 45.9 Å². The quantitative estimate of drug-likeness (QED) is 0.691. The normalized spacial score (nSPS) is 17.4. The van der Waals surface area contributed by atoms with Crippen LogP contribution in [0.3, 0.4) is 0 Å². The summed E-state index contributed by atoms with van der Waals surface area (Å²) in [5.41, 5.74) is -1.81. The minimum Gasteiger partial charge on any atom is -0.494 e. The van der Waals surface area contributed by atoms with Crippen LogP contribution in [0.1, 0.15) is 29.6 Å². The average molecular weight is 458 g/mol. The molecular formula is C21H26F3N3O3S. The third-order valence-corrected chi connectivity index (χ3v) is 6.33. The number of halogens is 3. The number of carbonyl (C=O) groups excluding carboxylic acids is 1. The van der Waals surface area contributed by atoms with Crippen LogP contribution in [0.25, 0.3) is 0 Å². The van der Waals surface area contributed by atoms with E-state index in [1.54, 1.807) is 6.92 Å². The highest BCUT2D eigenvalue weighted by molar-refractivity contribution is 7.09. The molecule has 0 saturated carbocycles. The molecule has 170 valence electrons. The van der Waals surface area contributed by atoms with E-state index in [0.29, 0.717) is 56.4 Å². The lowest BCUT2D eigenvalue weighted by atomic mass is 9.98. The first-order valence-corrected chi connectivity index (χ1v) is 10.9. The lowest BCUT2D eigenvalue weighted by Crippen LogP contribution is -2.52. The Hall–Kier alpha value is -2.17. The molecule has 1 amide bonds. The number of carbonyl (C=O) groups is 1. The number of thiazole rings is 1. The molecule has 0 bridgehead atoms. The third kappa shape index (κ3) is 5.55. The van der Waals surface area contributed by atoms with E-state index < -0.39 is 29.1 Å². The van der Waals surface area contributed by atoms with E-state index in [0.717, 1.165) is 11.3 Å². The number of aryl methyl sites for hydroxylation is 1. The molecule has 3 rings (SSSR count). The third-order valence-electron chi connectivity index (χ3n) is 5.21. The summed E-state index contributed by atoms with van der Waals surface area (Å²) in [6, 6.07) is 7.75. The molecule has 31 heavy (non-hydrogen) atoms. The SMILES string of the molecule is CCOc1ccc(CN2CCN(C(=O)CC(O)(c3nc(C)cs3)C(F)(F)F)CC2)cc1. The summed E-state index contributed by atoms with van der Waals surface area (Å²) >= 11 is 0.709. The number of ether oxygens (including phenoxy) is 1. The Bertz CT molecular complexity index is 880. The van der Waals surface area contributed by atoms with Crippen LogP contribution < -0.4 is 4.74 Å². The number of piperazine rings is 1. The minimum atomic E-state index is -5.00. The van der Waals surface area contributed by atoms with Crippen molar-refractivity contribution < 1.29 is 27.8 Å². The molecule has 10 heteroatoms. The summed E-state index contributed by atoms with van der Waals surface area (Å²) in [5.74, 6) is 0.0719. The highest BCUT2D eigenvalue weighted by Gasteiger charge is 2.58. The molecule has 6 nitrogen and oxygen atoms in total. The van der Waals surface area contributed by atoms with Gasteiger partial charge in [0.1, 0.15) is 10.8 Å². The van der Waals surface area contributed by atoms with Crippen LogP contribution in [0.5, 0.6) is 5.75 Å². The smallest absolute Gasteiger partial charge is 0.424 e. The minimum absolute atomic E-state index is 0.306. The van der Waals surface area contributed by atoms with Crippen LogP contribution >= 0.6 is 11.3 Å². The number of aliphatic hydroxyl groups is 1. The Kier molecular flexibility index (Phi) is 7.23. The molecule has 0 spiro atoms. The van der Waals surface area contributed by atoms with Crippen LogP contribution in [0.2, 0.25) is 0 Å². The zero-order valence-electron chi connectivity index (χ0n) is 17.5. The fraction of sp³-hybridized carbons (Fsp3) is 0.524. The maximum atomic E-state index is 13.6. The summed E-state index contributed by atoms with van der Waals surface area (Å²) in [4.78, 5) is 19.9. The molecule has 0 radical (unpaired) electrons. The van der Waals surface area contributed by atoms with E-state index in [-0.39, 0.29) is 0 Å². The lowest BCUT2D eigenvalue weighted by molar-refractivity contribution is -0.268. The summed E-state index contributed by atoms with van der Waals surface area (Å²) < 4.78 is 46.3. The van der Waals surface area contributed by atoms with Crippen LogP contribution in [0.15, 0.2) is 29.6 Å². The van der Waals surface area contributed by atoms with Gasteiger partial charge in [0.25, 0.3) is 0 Å². The second kappa shape index (κ2) is 9.54. The summed E-state index contributed by atoms with van der Waals surface area (Å²) in [5, 5.41) is 11.3. The van der Waals surface area contributed by atoms with Crippen molar-refractivity contribution in [1.82, 2.24) is 14.8 Å². The summed E-state index contributed by atoms with van der Waals surface area (Å²) in [7, 11) is 0. The Balaban J connectivity index is 1.57. The van der Waals surface area contributed by atoms with Gasteiger partial charge in [-0.15, -0.1) is 11.3 Å². The average Bonchev–Trinajstić information content (AvgIpc) is 3.16. The van der Waals surface area contributed by atoms with Gasteiger partial charge in [-0.3, -0.25) is 9.69 Å². The first-order valence-electron chi connectivity index (χ1n) is 10.1. The summed E-state index contributed by atoms with van der Waals surface area (Å²) in [6.07, 6.45) is -6.06. The van der Waals surface area contributed by atoms with Gasteiger partial charge < -0.3 is 14.7 Å². The molecular weight excluding hydrogens is 431 g/mol. The van der Waals surface area contributed by atoms with Crippen molar-refractivity contribution in [2.45, 2.75) is 38.6 Å². The van der Waals surface area contributed by atoms with Gasteiger partial charge in [0.2, 0.25) is 11.5 Å². The molecule has 1 unspecified atom stereocenters. The van der Waals surface area contributed by atoms with E-state index in [1.807, 2.05) is 31.2 Å². The zero-order valence-corrected chi connectivity index (χ0v) is 18.3. The fourth-order valence-electron chi connectivity index (χ4n) is 3.44. The Morgan fingerprint density at radius 3 is 2.35 bits per heavy atom. The van der Waals surface area contributed by atoms with Crippen molar-refractivity contribution in [2.24, 2.45) is 0 Å². The molecule has 1 N–H and O–H groups in total. The van der Waals surface area contributed by atoms with E-state index in [9.17, 15) is 23.1 Å². The molecule has 0 aliphatic carbocycles. The van der Waals surface area contributed by atoms with Crippen LogP contribution in [0, 0.1) is 6.92 Å². The van der Waals surface area contributed by atoms with Gasteiger partial charge in [0, 0.05) is 43.8 Å². The van der Waals surface area contributed by atoms with Gasteiger partial charge in [-0.05, 0) is 31.5 Å². The monoisotopic (exact) mass is 457 g/mol. The molecule has 1 fully saturated rings. The van der Waals surface area contributed by atoms with Crippen molar-refractivity contribution in [2.75, 3.05) is 32.8 Å². The van der Waals surface area contributed by atoms with Gasteiger partial charge in [0.05, 0.1) is 13.0 Å². The van der Waals surface area contributed by atoms with E-state index in [4.69, 9.17) is 4.74 Å². The van der Waals surface area contributed by atoms with Gasteiger partial charge in [-0.25, -0.2) is 4.98 Å². The Labute approximate surface area is 183 Å². The molecule has 1 saturated heterocycles. The lowest BCUT2D eigenvalue weighted by Gasteiger charge is -2.36. The maximum Gasteiger partial charge on any atom is 0.424 e. The molecule has 1 aliphatic rings. The standard InChI is InChI=1S/C21H26F3N3O3S/c1-3-30-17-6-4-16(5-7-17)13-26-8-10-27(11-9-26)18(28)12-20(29,21(22,23)24)19-25-15(2)14-31-19/h4-7,14,29H,3,8-13H2,1-2H3. The van der Waals surface area contributed by atoms with Crippen LogP contribution in [0.4, 0.5) is 13.2 Å². The number of alkyl halides is 3. The predicted octanol–water partition coefficient (Wildman–Crippen LogP) is 3.33. The first-order chi connectivity index (χ1) is 14.6. The Morgan fingerprint density at radius 2 is 1.84 bits per heavy atom. The number of hydrogen-bond donors (Lipinski definition) is 1. The molecule has 1 aromatic heterocycles. The molecule has 1 aliphatic heterocycles. The topological polar surface area (TPSA) is 65.9 Å². The van der Waals surface area contributed by atoms with E-state index in [2.05, 4.69) is 9.88 Å². The number of hydrogen-bond acceptors (Lipinski definition) is 6. The van der Waals surface area contributed by atoms with Gasteiger partial charge in [-0.1, -0.05) is 12.1 Å². The van der Waals surface area contributed by atoms with Crippen LogP contribution in [-0.2, 0) is 16.9 Å². The second-order valence-electron chi connectivity index (χ2n) is 7.56. The molecule has 1 atom stereocenters. The molecule has 2 aromatic rings. The van der Waals surface area contributed by atoms with Crippen molar-refractivity contribution >= 4 is 17.2 Å². The predicted molar refractivity (Wildman–Crippen MR) is 111 cm³/mol. The number of amides is 1. The van der Waals surface area contributed by atoms with Crippen molar-refractivity contribution in [3.63, 3.8) is 0 Å². The number of nitrogens with zero attached hydrogens (tertiary/aromatic N) is 3. The molecule has 2 heterocycles. The van der Waals surface area contributed by atoms with E-state index >= 15 is 0 Å². The summed E-state index contributed by atoms with van der Waals surface area (Å²) in [6.45, 7) is 6.44. The van der Waals surface area contributed by atoms with Crippen LogP contribution in [-0.4, -0.2) is 64.8 Å². The number of rotatable bonds is 7. The Morgan fingerprint density at radius 1 is 1.19 bits per heavy atom.